The quantitative estimate of drug-likeness (QED) is 0.788. The van der Waals surface area contributed by atoms with Crippen molar-refractivity contribution in [2.24, 2.45) is 0 Å². The summed E-state index contributed by atoms with van der Waals surface area (Å²) in [4.78, 5) is 0. The van der Waals surface area contributed by atoms with Crippen LogP contribution in [0.4, 0.5) is 0 Å². The minimum absolute atomic E-state index is 0.190. The average Bonchev–Trinajstić information content (AvgIpc) is 2.30. The molecule has 1 aromatic rings. The van der Waals surface area contributed by atoms with Crippen molar-refractivity contribution in [1.29, 1.82) is 0 Å². The van der Waals surface area contributed by atoms with E-state index < -0.39 is 0 Å². The van der Waals surface area contributed by atoms with Crippen LogP contribution in [0.5, 0.6) is 5.75 Å². The third-order valence-corrected chi connectivity index (χ3v) is 2.59. The standard InChI is InChI=1S/C12H18N2OS/c1-4-15-11-7-5-10(6-8-11)9(2)14-12(16)13-3/h5-9H,4H2,1-3H3,(H2,13,14,16). The Hall–Kier alpha value is -1.29. The van der Waals surface area contributed by atoms with Crippen LogP contribution in [0.1, 0.15) is 25.5 Å². The van der Waals surface area contributed by atoms with Crippen LogP contribution >= 0.6 is 12.2 Å². The third-order valence-electron chi connectivity index (χ3n) is 2.27. The number of ether oxygens (including phenoxy) is 1. The van der Waals surface area contributed by atoms with Gasteiger partial charge in [0.25, 0.3) is 0 Å². The maximum atomic E-state index is 5.38. The molecule has 0 radical (unpaired) electrons. The molecule has 0 amide bonds. The summed E-state index contributed by atoms with van der Waals surface area (Å²) < 4.78 is 5.38. The lowest BCUT2D eigenvalue weighted by molar-refractivity contribution is 0.340. The molecule has 4 heteroatoms. The summed E-state index contributed by atoms with van der Waals surface area (Å²) in [7, 11) is 1.81. The lowest BCUT2D eigenvalue weighted by Gasteiger charge is -2.16. The molecule has 2 N–H and O–H groups in total. The van der Waals surface area contributed by atoms with Gasteiger partial charge in [0.05, 0.1) is 12.6 Å². The van der Waals surface area contributed by atoms with Crippen LogP contribution < -0.4 is 15.4 Å². The molecule has 1 aromatic carbocycles. The molecule has 0 saturated carbocycles. The first kappa shape index (κ1) is 12.8. The molecule has 3 nitrogen and oxygen atoms in total. The zero-order valence-corrected chi connectivity index (χ0v) is 10.7. The van der Waals surface area contributed by atoms with E-state index in [-0.39, 0.29) is 6.04 Å². The Labute approximate surface area is 102 Å². The van der Waals surface area contributed by atoms with E-state index in [0.29, 0.717) is 11.7 Å². The normalized spacial score (nSPS) is 11.7. The van der Waals surface area contributed by atoms with Gasteiger partial charge in [0.15, 0.2) is 5.11 Å². The first-order valence-electron chi connectivity index (χ1n) is 5.38. The van der Waals surface area contributed by atoms with Gasteiger partial charge in [0, 0.05) is 7.05 Å². The van der Waals surface area contributed by atoms with Gasteiger partial charge in [-0.3, -0.25) is 0 Å². The van der Waals surface area contributed by atoms with Crippen molar-refractivity contribution in [1.82, 2.24) is 10.6 Å². The number of benzene rings is 1. The fourth-order valence-corrected chi connectivity index (χ4v) is 1.55. The molecule has 0 aliphatic rings. The Morgan fingerprint density at radius 2 is 2.00 bits per heavy atom. The van der Waals surface area contributed by atoms with Gasteiger partial charge in [-0.2, -0.15) is 0 Å². The van der Waals surface area contributed by atoms with Gasteiger partial charge in [-0.1, -0.05) is 12.1 Å². The van der Waals surface area contributed by atoms with Crippen molar-refractivity contribution in [2.75, 3.05) is 13.7 Å². The van der Waals surface area contributed by atoms with Crippen molar-refractivity contribution in [3.05, 3.63) is 29.8 Å². The Morgan fingerprint density at radius 1 is 1.38 bits per heavy atom. The Bertz CT molecular complexity index is 337. The molecular formula is C12H18N2OS. The largest absolute Gasteiger partial charge is 0.494 e. The van der Waals surface area contributed by atoms with E-state index in [2.05, 4.69) is 17.6 Å². The highest BCUT2D eigenvalue weighted by Crippen LogP contribution is 2.17. The lowest BCUT2D eigenvalue weighted by atomic mass is 10.1. The first-order chi connectivity index (χ1) is 7.67. The molecule has 0 heterocycles. The lowest BCUT2D eigenvalue weighted by Crippen LogP contribution is -2.34. The third kappa shape index (κ3) is 3.70. The van der Waals surface area contributed by atoms with Crippen LogP contribution in [-0.4, -0.2) is 18.8 Å². The number of rotatable bonds is 4. The van der Waals surface area contributed by atoms with Gasteiger partial charge in [-0.05, 0) is 43.8 Å². The molecule has 16 heavy (non-hydrogen) atoms. The van der Waals surface area contributed by atoms with Crippen molar-refractivity contribution < 1.29 is 4.74 Å². The molecule has 0 fully saturated rings. The van der Waals surface area contributed by atoms with Crippen LogP contribution in [0.25, 0.3) is 0 Å². The summed E-state index contributed by atoms with van der Waals surface area (Å²) in [6.45, 7) is 4.74. The molecule has 0 aromatic heterocycles. The summed E-state index contributed by atoms with van der Waals surface area (Å²) in [5.41, 5.74) is 1.18. The maximum absolute atomic E-state index is 5.38. The second-order valence-electron chi connectivity index (χ2n) is 3.45. The van der Waals surface area contributed by atoms with Crippen molar-refractivity contribution in [3.63, 3.8) is 0 Å². The first-order valence-corrected chi connectivity index (χ1v) is 5.79. The van der Waals surface area contributed by atoms with Crippen molar-refractivity contribution in [3.8, 4) is 5.75 Å². The summed E-state index contributed by atoms with van der Waals surface area (Å²) in [6.07, 6.45) is 0. The molecule has 1 rings (SSSR count). The number of nitrogens with one attached hydrogen (secondary N) is 2. The zero-order valence-electron chi connectivity index (χ0n) is 9.91. The minimum atomic E-state index is 0.190. The minimum Gasteiger partial charge on any atom is -0.494 e. The molecule has 1 unspecified atom stereocenters. The van der Waals surface area contributed by atoms with Gasteiger partial charge in [-0.25, -0.2) is 0 Å². The molecule has 0 aliphatic heterocycles. The van der Waals surface area contributed by atoms with E-state index in [1.54, 1.807) is 7.05 Å². The SMILES string of the molecule is CCOc1ccc(C(C)NC(=S)NC)cc1. The predicted octanol–water partition coefficient (Wildman–Crippen LogP) is 2.24. The highest BCUT2D eigenvalue weighted by molar-refractivity contribution is 7.80. The van der Waals surface area contributed by atoms with E-state index in [1.807, 2.05) is 31.2 Å². The molecule has 0 bridgehead atoms. The molecule has 1 atom stereocenters. The fraction of sp³-hybridized carbons (Fsp3) is 0.417. The summed E-state index contributed by atoms with van der Waals surface area (Å²) in [5.74, 6) is 0.898. The Balaban J connectivity index is 2.62. The van der Waals surface area contributed by atoms with Gasteiger partial charge in [0.2, 0.25) is 0 Å². The highest BCUT2D eigenvalue weighted by Gasteiger charge is 2.05. The van der Waals surface area contributed by atoms with Crippen LogP contribution in [-0.2, 0) is 0 Å². The number of hydrogen-bond donors (Lipinski definition) is 2. The van der Waals surface area contributed by atoms with E-state index >= 15 is 0 Å². The summed E-state index contributed by atoms with van der Waals surface area (Å²) in [5, 5.41) is 6.72. The van der Waals surface area contributed by atoms with Crippen LogP contribution in [0, 0.1) is 0 Å². The van der Waals surface area contributed by atoms with Crippen LogP contribution in [0.15, 0.2) is 24.3 Å². The van der Waals surface area contributed by atoms with E-state index in [1.165, 1.54) is 5.56 Å². The fourth-order valence-electron chi connectivity index (χ4n) is 1.37. The van der Waals surface area contributed by atoms with E-state index in [4.69, 9.17) is 17.0 Å². The summed E-state index contributed by atoms with van der Waals surface area (Å²) in [6, 6.07) is 8.22. The second-order valence-corrected chi connectivity index (χ2v) is 3.86. The van der Waals surface area contributed by atoms with Gasteiger partial charge >= 0.3 is 0 Å². The summed E-state index contributed by atoms with van der Waals surface area (Å²) >= 11 is 5.05. The molecule has 88 valence electrons. The molecule has 0 saturated heterocycles. The van der Waals surface area contributed by atoms with Gasteiger partial charge < -0.3 is 15.4 Å². The van der Waals surface area contributed by atoms with Gasteiger partial charge in [-0.15, -0.1) is 0 Å². The Kier molecular flexibility index (Phi) is 5.05. The van der Waals surface area contributed by atoms with E-state index in [0.717, 1.165) is 5.75 Å². The second kappa shape index (κ2) is 6.33. The van der Waals surface area contributed by atoms with Gasteiger partial charge in [0.1, 0.15) is 5.75 Å². The number of hydrogen-bond acceptors (Lipinski definition) is 2. The van der Waals surface area contributed by atoms with Crippen molar-refractivity contribution in [2.45, 2.75) is 19.9 Å². The van der Waals surface area contributed by atoms with E-state index in [9.17, 15) is 0 Å². The van der Waals surface area contributed by atoms with Crippen LogP contribution in [0.3, 0.4) is 0 Å². The topological polar surface area (TPSA) is 33.3 Å². The molecule has 0 spiro atoms. The van der Waals surface area contributed by atoms with Crippen molar-refractivity contribution >= 4 is 17.3 Å². The zero-order chi connectivity index (χ0) is 12.0. The predicted molar refractivity (Wildman–Crippen MR) is 70.8 cm³/mol. The molecule has 0 aliphatic carbocycles. The smallest absolute Gasteiger partial charge is 0.166 e. The van der Waals surface area contributed by atoms with Crippen LogP contribution in [0.2, 0.25) is 0 Å². The monoisotopic (exact) mass is 238 g/mol. The number of thiocarbonyl (C=S) groups is 1. The average molecular weight is 238 g/mol. The maximum Gasteiger partial charge on any atom is 0.166 e. The molecular weight excluding hydrogens is 220 g/mol. The Morgan fingerprint density at radius 3 is 2.50 bits per heavy atom. The highest BCUT2D eigenvalue weighted by atomic mass is 32.1.